The first-order valence-electron chi connectivity index (χ1n) is 5.79. The maximum atomic E-state index is 13.4. The van der Waals surface area contributed by atoms with E-state index >= 15 is 0 Å². The van der Waals surface area contributed by atoms with Crippen molar-refractivity contribution >= 4 is 5.97 Å². The molecule has 5 heteroatoms. The zero-order chi connectivity index (χ0) is 13.0. The molecule has 18 heavy (non-hydrogen) atoms. The molecule has 1 aliphatic heterocycles. The highest BCUT2D eigenvalue weighted by atomic mass is 19.3. The molecule has 1 N–H and O–H groups in total. The third kappa shape index (κ3) is 1.40. The van der Waals surface area contributed by atoms with Gasteiger partial charge in [-0.05, 0) is 23.1 Å². The number of benzene rings is 1. The monoisotopic (exact) mass is 254 g/mol. The zero-order valence-corrected chi connectivity index (χ0v) is 9.58. The molecule has 1 heterocycles. The lowest BCUT2D eigenvalue weighted by atomic mass is 9.90. The summed E-state index contributed by atoms with van der Waals surface area (Å²) < 4.78 is 32.1. The Bertz CT molecular complexity index is 527. The van der Waals surface area contributed by atoms with Crippen molar-refractivity contribution in [1.82, 2.24) is 0 Å². The lowest BCUT2D eigenvalue weighted by Gasteiger charge is -2.19. The fourth-order valence-corrected chi connectivity index (χ4v) is 2.59. The minimum absolute atomic E-state index is 0.209. The van der Waals surface area contributed by atoms with Crippen LogP contribution in [0.4, 0.5) is 8.78 Å². The van der Waals surface area contributed by atoms with Crippen LogP contribution >= 0.6 is 0 Å². The van der Waals surface area contributed by atoms with Gasteiger partial charge in [0.1, 0.15) is 0 Å². The number of carbonyl (C=O) groups is 1. The lowest BCUT2D eigenvalue weighted by molar-refractivity contribution is -0.142. The van der Waals surface area contributed by atoms with Crippen molar-refractivity contribution in [1.29, 1.82) is 0 Å². The van der Waals surface area contributed by atoms with E-state index in [2.05, 4.69) is 0 Å². The Hall–Kier alpha value is -1.49. The van der Waals surface area contributed by atoms with Gasteiger partial charge in [-0.1, -0.05) is 18.2 Å². The summed E-state index contributed by atoms with van der Waals surface area (Å²) in [7, 11) is 0. The van der Waals surface area contributed by atoms with Gasteiger partial charge in [0.25, 0.3) is 5.92 Å². The molecule has 1 unspecified atom stereocenters. The van der Waals surface area contributed by atoms with Crippen molar-refractivity contribution in [3.63, 3.8) is 0 Å². The highest BCUT2D eigenvalue weighted by Crippen LogP contribution is 2.61. The molecule has 3 rings (SSSR count). The number of carboxylic acids is 1. The van der Waals surface area contributed by atoms with Gasteiger partial charge in [0.2, 0.25) is 0 Å². The number of carboxylic acid groups (broad SMARTS) is 1. The first-order valence-corrected chi connectivity index (χ1v) is 5.79. The van der Waals surface area contributed by atoms with E-state index in [-0.39, 0.29) is 5.56 Å². The van der Waals surface area contributed by atoms with Crippen LogP contribution in [0.1, 0.15) is 23.1 Å². The standard InChI is InChI=1S/C13H12F2O3/c14-13(15)7-12(13,11(16)17)10-2-1-9-6-18-4-3-8(9)5-10/h1-2,5H,3-4,6-7H2,(H,16,17). The van der Waals surface area contributed by atoms with Gasteiger partial charge in [0.05, 0.1) is 13.2 Å². The molecule has 1 aromatic rings. The van der Waals surface area contributed by atoms with Gasteiger partial charge in [-0.3, -0.25) is 4.79 Å². The number of aliphatic carboxylic acids is 1. The Morgan fingerprint density at radius 1 is 1.33 bits per heavy atom. The molecular weight excluding hydrogens is 242 g/mol. The second-order valence-electron chi connectivity index (χ2n) is 4.88. The number of rotatable bonds is 2. The van der Waals surface area contributed by atoms with Crippen LogP contribution < -0.4 is 0 Å². The second kappa shape index (κ2) is 3.51. The molecule has 0 amide bonds. The number of hydrogen-bond acceptors (Lipinski definition) is 2. The Balaban J connectivity index is 2.05. The number of ether oxygens (including phenoxy) is 1. The quantitative estimate of drug-likeness (QED) is 0.879. The van der Waals surface area contributed by atoms with Gasteiger partial charge >= 0.3 is 5.97 Å². The predicted molar refractivity (Wildman–Crippen MR) is 58.7 cm³/mol. The SMILES string of the molecule is O=C(O)C1(c2ccc3c(c2)CCOC3)CC1(F)F. The molecule has 0 bridgehead atoms. The molecule has 96 valence electrons. The van der Waals surface area contributed by atoms with Crippen molar-refractivity contribution in [2.45, 2.75) is 30.8 Å². The summed E-state index contributed by atoms with van der Waals surface area (Å²) in [5.74, 6) is -4.59. The molecule has 1 fully saturated rings. The first-order chi connectivity index (χ1) is 8.47. The minimum atomic E-state index is -3.14. The van der Waals surface area contributed by atoms with Crippen LogP contribution in [0.5, 0.6) is 0 Å². The Kier molecular flexibility index (Phi) is 2.26. The minimum Gasteiger partial charge on any atom is -0.480 e. The smallest absolute Gasteiger partial charge is 0.320 e. The van der Waals surface area contributed by atoms with Crippen molar-refractivity contribution in [3.8, 4) is 0 Å². The summed E-state index contributed by atoms with van der Waals surface area (Å²) in [6, 6.07) is 4.79. The van der Waals surface area contributed by atoms with E-state index in [4.69, 9.17) is 9.84 Å². The van der Waals surface area contributed by atoms with E-state index < -0.39 is 23.7 Å². The topological polar surface area (TPSA) is 46.5 Å². The molecule has 1 aliphatic carbocycles. The highest BCUT2D eigenvalue weighted by Gasteiger charge is 2.77. The molecule has 3 nitrogen and oxygen atoms in total. The maximum Gasteiger partial charge on any atom is 0.320 e. The summed E-state index contributed by atoms with van der Waals surface area (Å²) >= 11 is 0. The summed E-state index contributed by atoms with van der Waals surface area (Å²) in [5, 5.41) is 9.09. The van der Waals surface area contributed by atoms with Crippen LogP contribution in [0, 0.1) is 0 Å². The van der Waals surface area contributed by atoms with Crippen LogP contribution in [0.25, 0.3) is 0 Å². The third-order valence-corrected chi connectivity index (χ3v) is 3.82. The van der Waals surface area contributed by atoms with Crippen molar-refractivity contribution in [2.24, 2.45) is 0 Å². The molecule has 0 spiro atoms. The molecule has 2 aliphatic rings. The van der Waals surface area contributed by atoms with Gasteiger partial charge in [0, 0.05) is 6.42 Å². The average molecular weight is 254 g/mol. The molecule has 1 saturated carbocycles. The maximum absolute atomic E-state index is 13.4. The van der Waals surface area contributed by atoms with E-state index in [0.29, 0.717) is 19.6 Å². The number of hydrogen-bond donors (Lipinski definition) is 1. The van der Waals surface area contributed by atoms with E-state index in [9.17, 15) is 13.6 Å². The molecule has 0 aromatic heterocycles. The molecule has 1 atom stereocenters. The zero-order valence-electron chi connectivity index (χ0n) is 9.58. The first kappa shape index (κ1) is 11.6. The molecule has 1 aromatic carbocycles. The van der Waals surface area contributed by atoms with Crippen LogP contribution in [-0.2, 0) is 28.0 Å². The van der Waals surface area contributed by atoms with E-state index in [1.165, 1.54) is 6.07 Å². The van der Waals surface area contributed by atoms with Gasteiger partial charge in [-0.25, -0.2) is 8.78 Å². The molecule has 0 saturated heterocycles. The van der Waals surface area contributed by atoms with Crippen LogP contribution in [0.15, 0.2) is 18.2 Å². The van der Waals surface area contributed by atoms with E-state index in [0.717, 1.165) is 11.1 Å². The van der Waals surface area contributed by atoms with E-state index in [1.54, 1.807) is 12.1 Å². The van der Waals surface area contributed by atoms with Gasteiger partial charge in [-0.2, -0.15) is 0 Å². The second-order valence-corrected chi connectivity index (χ2v) is 4.88. The molecule has 0 radical (unpaired) electrons. The summed E-state index contributed by atoms with van der Waals surface area (Å²) in [6.07, 6.45) is 0.0368. The van der Waals surface area contributed by atoms with Crippen molar-refractivity contribution < 1.29 is 23.4 Å². The van der Waals surface area contributed by atoms with Gasteiger partial charge in [0.15, 0.2) is 5.41 Å². The Morgan fingerprint density at radius 2 is 2.06 bits per heavy atom. The number of alkyl halides is 2. The van der Waals surface area contributed by atoms with Gasteiger partial charge in [-0.15, -0.1) is 0 Å². The highest BCUT2D eigenvalue weighted by molar-refractivity contribution is 5.87. The summed E-state index contributed by atoms with van der Waals surface area (Å²) in [6.45, 7) is 1.01. The van der Waals surface area contributed by atoms with Crippen LogP contribution in [0.3, 0.4) is 0 Å². The lowest BCUT2D eigenvalue weighted by Crippen LogP contribution is -2.27. The third-order valence-electron chi connectivity index (χ3n) is 3.82. The van der Waals surface area contributed by atoms with Crippen LogP contribution in [-0.4, -0.2) is 23.6 Å². The largest absolute Gasteiger partial charge is 0.480 e. The van der Waals surface area contributed by atoms with Gasteiger partial charge < -0.3 is 9.84 Å². The summed E-state index contributed by atoms with van der Waals surface area (Å²) in [5.41, 5.74) is 0.0672. The summed E-state index contributed by atoms with van der Waals surface area (Å²) in [4.78, 5) is 11.2. The predicted octanol–water partition coefficient (Wildman–Crippen LogP) is 2.12. The van der Waals surface area contributed by atoms with Crippen molar-refractivity contribution in [2.75, 3.05) is 6.61 Å². The average Bonchev–Trinajstić information content (AvgIpc) is 2.93. The number of halogens is 2. The Labute approximate surface area is 102 Å². The van der Waals surface area contributed by atoms with E-state index in [1.807, 2.05) is 0 Å². The fraction of sp³-hybridized carbons (Fsp3) is 0.462. The van der Waals surface area contributed by atoms with Crippen molar-refractivity contribution in [3.05, 3.63) is 34.9 Å². The number of fused-ring (bicyclic) bond motifs is 1. The van der Waals surface area contributed by atoms with Crippen LogP contribution in [0.2, 0.25) is 0 Å². The molecular formula is C13H12F2O3. The fourth-order valence-electron chi connectivity index (χ4n) is 2.59. The normalized spacial score (nSPS) is 28.6. The Morgan fingerprint density at radius 3 is 2.67 bits per heavy atom.